The number of ether oxygens (including phenoxy) is 3. The third-order valence-corrected chi connectivity index (χ3v) is 7.40. The molecule has 0 unspecified atom stereocenters. The molecule has 1 N–H and O–H groups in total. The molecular formula is C21H31NO5S2. The van der Waals surface area contributed by atoms with E-state index in [1.165, 1.54) is 0 Å². The van der Waals surface area contributed by atoms with Crippen molar-refractivity contribution < 1.29 is 23.8 Å². The Labute approximate surface area is 181 Å². The van der Waals surface area contributed by atoms with E-state index in [1.807, 2.05) is 45.9 Å². The summed E-state index contributed by atoms with van der Waals surface area (Å²) < 4.78 is 15.5. The Morgan fingerprint density at radius 1 is 1.21 bits per heavy atom. The lowest BCUT2D eigenvalue weighted by Crippen LogP contribution is -2.38. The number of hydrogen-bond acceptors (Lipinski definition) is 7. The summed E-state index contributed by atoms with van der Waals surface area (Å²) in [5, 5.41) is 2.77. The van der Waals surface area contributed by atoms with Gasteiger partial charge in [-0.3, -0.25) is 0 Å². The number of rotatable bonds is 7. The SMILES string of the molecule is CCOC(=O)C1(Cc2ccc(OC)c(CNC(=O)OC(C)(C)C)c2)SCCCS1. The van der Waals surface area contributed by atoms with Crippen molar-refractivity contribution >= 4 is 35.6 Å². The van der Waals surface area contributed by atoms with Gasteiger partial charge in [0.25, 0.3) is 0 Å². The van der Waals surface area contributed by atoms with Crippen molar-refractivity contribution in [3.63, 3.8) is 0 Å². The largest absolute Gasteiger partial charge is 0.496 e. The van der Waals surface area contributed by atoms with Gasteiger partial charge in [-0.05, 0) is 57.3 Å². The van der Waals surface area contributed by atoms with Crippen LogP contribution in [0, 0.1) is 0 Å². The van der Waals surface area contributed by atoms with E-state index in [0.717, 1.165) is 29.1 Å². The molecule has 1 heterocycles. The highest BCUT2D eigenvalue weighted by Gasteiger charge is 2.43. The van der Waals surface area contributed by atoms with Crippen molar-refractivity contribution in [1.82, 2.24) is 5.32 Å². The van der Waals surface area contributed by atoms with Gasteiger partial charge < -0.3 is 19.5 Å². The molecule has 1 aliphatic heterocycles. The zero-order chi connectivity index (χ0) is 21.5. The number of benzene rings is 1. The second-order valence-electron chi connectivity index (χ2n) is 7.70. The van der Waals surface area contributed by atoms with E-state index >= 15 is 0 Å². The molecule has 1 aliphatic rings. The van der Waals surface area contributed by atoms with Gasteiger partial charge in [0, 0.05) is 18.5 Å². The molecule has 6 nitrogen and oxygen atoms in total. The maximum atomic E-state index is 12.7. The highest BCUT2D eigenvalue weighted by Crippen LogP contribution is 2.45. The van der Waals surface area contributed by atoms with Crippen LogP contribution >= 0.6 is 23.5 Å². The van der Waals surface area contributed by atoms with Crippen LogP contribution in [-0.2, 0) is 27.2 Å². The van der Waals surface area contributed by atoms with Gasteiger partial charge in [0.1, 0.15) is 11.4 Å². The van der Waals surface area contributed by atoms with Crippen LogP contribution in [0.5, 0.6) is 5.75 Å². The van der Waals surface area contributed by atoms with Crippen LogP contribution in [0.15, 0.2) is 18.2 Å². The molecule has 8 heteroatoms. The molecule has 162 valence electrons. The van der Waals surface area contributed by atoms with Crippen molar-refractivity contribution in [2.24, 2.45) is 0 Å². The topological polar surface area (TPSA) is 73.9 Å². The minimum atomic E-state index is -0.626. The van der Waals surface area contributed by atoms with Gasteiger partial charge in [-0.15, -0.1) is 23.5 Å². The Hall–Kier alpha value is -1.54. The van der Waals surface area contributed by atoms with Crippen LogP contribution in [0.2, 0.25) is 0 Å². The van der Waals surface area contributed by atoms with E-state index in [1.54, 1.807) is 30.6 Å². The van der Waals surface area contributed by atoms with E-state index in [0.29, 0.717) is 18.8 Å². The second kappa shape index (κ2) is 10.5. The van der Waals surface area contributed by atoms with E-state index in [4.69, 9.17) is 14.2 Å². The first-order valence-electron chi connectivity index (χ1n) is 9.77. The molecule has 0 aliphatic carbocycles. The van der Waals surface area contributed by atoms with Crippen LogP contribution in [0.25, 0.3) is 0 Å². The molecule has 0 radical (unpaired) electrons. The van der Waals surface area contributed by atoms with Crippen LogP contribution in [-0.4, -0.2) is 47.0 Å². The van der Waals surface area contributed by atoms with Crippen molar-refractivity contribution in [2.75, 3.05) is 25.2 Å². The molecule has 0 bridgehead atoms. The van der Waals surface area contributed by atoms with Crippen molar-refractivity contribution in [3.05, 3.63) is 29.3 Å². The van der Waals surface area contributed by atoms with E-state index in [-0.39, 0.29) is 12.5 Å². The summed E-state index contributed by atoms with van der Waals surface area (Å²) in [4.78, 5) is 24.7. The number of carbonyl (C=O) groups excluding carboxylic acids is 2. The van der Waals surface area contributed by atoms with Gasteiger partial charge in [0.05, 0.1) is 13.7 Å². The smallest absolute Gasteiger partial charge is 0.407 e. The van der Waals surface area contributed by atoms with E-state index < -0.39 is 15.8 Å². The molecule has 1 aromatic carbocycles. The average Bonchev–Trinajstić information content (AvgIpc) is 2.66. The molecule has 29 heavy (non-hydrogen) atoms. The number of nitrogens with one attached hydrogen (secondary N) is 1. The fraction of sp³-hybridized carbons (Fsp3) is 0.619. The van der Waals surface area contributed by atoms with Gasteiger partial charge in [0.2, 0.25) is 0 Å². The maximum Gasteiger partial charge on any atom is 0.407 e. The number of carbonyl (C=O) groups is 2. The fourth-order valence-corrected chi connectivity index (χ4v) is 6.08. The third kappa shape index (κ3) is 7.03. The minimum absolute atomic E-state index is 0.168. The second-order valence-corrected chi connectivity index (χ2v) is 10.7. The standard InChI is InChI=1S/C21H31NO5S2/c1-6-26-18(23)21(28-10-7-11-29-21)13-15-8-9-17(25-5)16(12-15)14-22-19(24)27-20(2,3)4/h8-9,12H,6-7,10-11,13-14H2,1-5H3,(H,22,24). The summed E-state index contributed by atoms with van der Waals surface area (Å²) in [7, 11) is 1.60. The Balaban J connectivity index is 2.17. The Bertz CT molecular complexity index is 712. The number of thioether (sulfide) groups is 2. The lowest BCUT2D eigenvalue weighted by atomic mass is 10.0. The van der Waals surface area contributed by atoms with Crippen LogP contribution in [0.1, 0.15) is 45.2 Å². The molecule has 1 aromatic rings. The maximum absolute atomic E-state index is 12.7. The molecule has 0 atom stereocenters. The Kier molecular flexibility index (Phi) is 8.58. The van der Waals surface area contributed by atoms with E-state index in [9.17, 15) is 9.59 Å². The summed E-state index contributed by atoms with van der Waals surface area (Å²) >= 11 is 3.32. The normalized spacial score (nSPS) is 16.0. The van der Waals surface area contributed by atoms with Crippen LogP contribution in [0.3, 0.4) is 0 Å². The summed E-state index contributed by atoms with van der Waals surface area (Å²) in [6.07, 6.45) is 1.17. The quantitative estimate of drug-likeness (QED) is 0.629. The number of esters is 1. The van der Waals surface area contributed by atoms with Gasteiger partial charge in [-0.25, -0.2) is 9.59 Å². The highest BCUT2D eigenvalue weighted by atomic mass is 32.2. The number of methoxy groups -OCH3 is 1. The first-order valence-corrected chi connectivity index (χ1v) is 11.7. The molecule has 0 aromatic heterocycles. The number of alkyl carbamates (subject to hydrolysis) is 1. The molecular weight excluding hydrogens is 410 g/mol. The highest BCUT2D eigenvalue weighted by molar-refractivity contribution is 8.19. The predicted molar refractivity (Wildman–Crippen MR) is 119 cm³/mol. The average molecular weight is 442 g/mol. The van der Waals surface area contributed by atoms with Gasteiger partial charge in [-0.2, -0.15) is 0 Å². The van der Waals surface area contributed by atoms with Gasteiger partial charge in [0.15, 0.2) is 4.08 Å². The molecule has 1 fully saturated rings. The predicted octanol–water partition coefficient (Wildman–Crippen LogP) is 4.39. The molecule has 1 saturated heterocycles. The van der Waals surface area contributed by atoms with Crippen molar-refractivity contribution in [3.8, 4) is 5.75 Å². The third-order valence-electron chi connectivity index (χ3n) is 4.15. The summed E-state index contributed by atoms with van der Waals surface area (Å²) in [5.41, 5.74) is 1.28. The Morgan fingerprint density at radius 2 is 1.90 bits per heavy atom. The first-order chi connectivity index (χ1) is 13.7. The summed E-state index contributed by atoms with van der Waals surface area (Å²) in [6, 6.07) is 5.82. The van der Waals surface area contributed by atoms with Crippen molar-refractivity contribution in [2.45, 2.75) is 56.8 Å². The zero-order valence-electron chi connectivity index (χ0n) is 17.8. The molecule has 2 rings (SSSR count). The van der Waals surface area contributed by atoms with Crippen LogP contribution < -0.4 is 10.1 Å². The van der Waals surface area contributed by atoms with Gasteiger partial charge in [-0.1, -0.05) is 12.1 Å². The molecule has 0 spiro atoms. The monoisotopic (exact) mass is 441 g/mol. The molecule has 0 saturated carbocycles. The van der Waals surface area contributed by atoms with Gasteiger partial charge >= 0.3 is 12.1 Å². The number of amides is 1. The lowest BCUT2D eigenvalue weighted by molar-refractivity contribution is -0.143. The van der Waals surface area contributed by atoms with Crippen molar-refractivity contribution in [1.29, 1.82) is 0 Å². The fourth-order valence-electron chi connectivity index (χ4n) is 2.94. The minimum Gasteiger partial charge on any atom is -0.496 e. The zero-order valence-corrected chi connectivity index (χ0v) is 19.5. The number of hydrogen-bond donors (Lipinski definition) is 1. The summed E-state index contributed by atoms with van der Waals surface area (Å²) in [5.74, 6) is 2.39. The molecule has 1 amide bonds. The van der Waals surface area contributed by atoms with Crippen LogP contribution in [0.4, 0.5) is 4.79 Å². The lowest BCUT2D eigenvalue weighted by Gasteiger charge is -2.33. The Morgan fingerprint density at radius 3 is 2.48 bits per heavy atom. The summed E-state index contributed by atoms with van der Waals surface area (Å²) in [6.45, 7) is 7.94. The van der Waals surface area contributed by atoms with E-state index in [2.05, 4.69) is 5.32 Å². The first kappa shape index (κ1) is 23.7.